The molecule has 0 fully saturated rings. The molecule has 2 nitrogen and oxygen atoms in total. The van der Waals surface area contributed by atoms with Gasteiger partial charge < -0.3 is 5.32 Å². The minimum Gasteiger partial charge on any atom is -0.313 e. The van der Waals surface area contributed by atoms with E-state index in [9.17, 15) is 18.0 Å². The molecule has 0 aliphatic heterocycles. The molecule has 5 heteroatoms. The van der Waals surface area contributed by atoms with Crippen LogP contribution in [-0.2, 0) is 11.0 Å². The van der Waals surface area contributed by atoms with Crippen LogP contribution < -0.4 is 5.32 Å². The molecular formula is C16H22F3NO. The largest absolute Gasteiger partial charge is 0.416 e. The highest BCUT2D eigenvalue weighted by atomic mass is 19.4. The average molecular weight is 301 g/mol. The van der Waals surface area contributed by atoms with E-state index in [0.717, 1.165) is 12.1 Å². The maximum atomic E-state index is 12.6. The number of Topliss-reactive ketones (excluding diaryl/α,β-unsaturated/α-hetero) is 1. The van der Waals surface area contributed by atoms with Gasteiger partial charge in [0.2, 0.25) is 0 Å². The lowest BCUT2D eigenvalue weighted by molar-refractivity contribution is -0.137. The molecular weight excluding hydrogens is 279 g/mol. The van der Waals surface area contributed by atoms with Crippen LogP contribution in [-0.4, -0.2) is 18.4 Å². The fourth-order valence-corrected chi connectivity index (χ4v) is 2.04. The van der Waals surface area contributed by atoms with Gasteiger partial charge in [-0.05, 0) is 17.7 Å². The predicted octanol–water partition coefficient (Wildman–Crippen LogP) is 4.01. The zero-order valence-corrected chi connectivity index (χ0v) is 12.8. The number of benzene rings is 1. The minimum absolute atomic E-state index is 0.0305. The lowest BCUT2D eigenvalue weighted by Gasteiger charge is -2.21. The summed E-state index contributed by atoms with van der Waals surface area (Å²) in [6, 6.07) is 5.07. The van der Waals surface area contributed by atoms with Crippen LogP contribution in [0.5, 0.6) is 0 Å². The van der Waals surface area contributed by atoms with Crippen LogP contribution >= 0.6 is 0 Å². The number of nitrogens with one attached hydrogen (secondary N) is 1. The molecule has 0 unspecified atom stereocenters. The van der Waals surface area contributed by atoms with Crippen LogP contribution in [0.2, 0.25) is 0 Å². The Morgan fingerprint density at radius 1 is 1.10 bits per heavy atom. The van der Waals surface area contributed by atoms with E-state index in [2.05, 4.69) is 5.32 Å². The number of rotatable bonds is 6. The fourth-order valence-electron chi connectivity index (χ4n) is 2.04. The van der Waals surface area contributed by atoms with Gasteiger partial charge in [0.1, 0.15) is 5.78 Å². The average Bonchev–Trinajstić information content (AvgIpc) is 2.37. The van der Waals surface area contributed by atoms with Crippen molar-refractivity contribution in [2.75, 3.05) is 6.54 Å². The Kier molecular flexibility index (Phi) is 5.96. The summed E-state index contributed by atoms with van der Waals surface area (Å²) in [7, 11) is 0. The van der Waals surface area contributed by atoms with Gasteiger partial charge in [0.25, 0.3) is 0 Å². The van der Waals surface area contributed by atoms with Crippen LogP contribution in [0.4, 0.5) is 13.2 Å². The van der Waals surface area contributed by atoms with E-state index < -0.39 is 17.7 Å². The Bertz CT molecular complexity index is 463. The summed E-state index contributed by atoms with van der Waals surface area (Å²) in [5.74, 6) is -0.552. The van der Waals surface area contributed by atoms with Crippen LogP contribution in [0, 0.1) is 5.92 Å². The molecule has 1 atom stereocenters. The van der Waals surface area contributed by atoms with Gasteiger partial charge in [-0.3, -0.25) is 4.79 Å². The van der Waals surface area contributed by atoms with E-state index in [4.69, 9.17) is 0 Å². The van der Waals surface area contributed by atoms with Gasteiger partial charge in [0.05, 0.1) is 11.5 Å². The van der Waals surface area contributed by atoms with E-state index in [1.807, 2.05) is 13.8 Å². The fraction of sp³-hybridized carbons (Fsp3) is 0.562. The van der Waals surface area contributed by atoms with Crippen molar-refractivity contribution in [3.63, 3.8) is 0 Å². The summed E-state index contributed by atoms with van der Waals surface area (Å²) in [6.07, 6.45) is -4.35. The third kappa shape index (κ3) is 5.16. The molecule has 0 aromatic heterocycles. The number of carbonyl (C=O) groups excluding carboxylic acids is 1. The standard InChI is InChI=1S/C16H22F3NO/c1-10(2)15(21)14(9-20-11(3)4)12-5-7-13(8-6-12)16(17,18)19/h5-8,10-11,14,20H,9H2,1-4H3/t14-/m1/s1. The monoisotopic (exact) mass is 301 g/mol. The lowest BCUT2D eigenvalue weighted by atomic mass is 9.88. The van der Waals surface area contributed by atoms with E-state index in [1.54, 1.807) is 13.8 Å². The maximum Gasteiger partial charge on any atom is 0.416 e. The van der Waals surface area contributed by atoms with Gasteiger partial charge in [-0.25, -0.2) is 0 Å². The van der Waals surface area contributed by atoms with E-state index in [0.29, 0.717) is 12.1 Å². The van der Waals surface area contributed by atoms with E-state index in [-0.39, 0.29) is 17.7 Å². The second-order valence-corrected chi connectivity index (χ2v) is 5.79. The van der Waals surface area contributed by atoms with Gasteiger partial charge in [-0.1, -0.05) is 39.8 Å². The Morgan fingerprint density at radius 2 is 1.62 bits per heavy atom. The molecule has 1 aromatic rings. The normalized spacial score (nSPS) is 13.8. The van der Waals surface area contributed by atoms with Crippen molar-refractivity contribution in [2.45, 2.75) is 45.8 Å². The molecule has 0 spiro atoms. The van der Waals surface area contributed by atoms with Crippen molar-refractivity contribution in [3.05, 3.63) is 35.4 Å². The first-order valence-corrected chi connectivity index (χ1v) is 7.07. The summed E-state index contributed by atoms with van der Waals surface area (Å²) in [5, 5.41) is 3.18. The first kappa shape index (κ1) is 17.7. The molecule has 0 radical (unpaired) electrons. The molecule has 0 aliphatic rings. The second-order valence-electron chi connectivity index (χ2n) is 5.79. The number of ketones is 1. The number of halogens is 3. The molecule has 21 heavy (non-hydrogen) atoms. The molecule has 1 N–H and O–H groups in total. The molecule has 0 saturated heterocycles. The van der Waals surface area contributed by atoms with Gasteiger partial charge in [0.15, 0.2) is 0 Å². The summed E-state index contributed by atoms with van der Waals surface area (Å²) in [6.45, 7) is 7.96. The minimum atomic E-state index is -4.35. The quantitative estimate of drug-likeness (QED) is 0.860. The first-order valence-electron chi connectivity index (χ1n) is 7.07. The van der Waals surface area contributed by atoms with Crippen molar-refractivity contribution >= 4 is 5.78 Å². The second kappa shape index (κ2) is 7.07. The van der Waals surface area contributed by atoms with Crippen LogP contribution in [0.25, 0.3) is 0 Å². The Balaban J connectivity index is 3.00. The highest BCUT2D eigenvalue weighted by molar-refractivity contribution is 5.87. The molecule has 1 aromatic carbocycles. The van der Waals surface area contributed by atoms with Crippen LogP contribution in [0.3, 0.4) is 0 Å². The van der Waals surface area contributed by atoms with Crippen LogP contribution in [0.15, 0.2) is 24.3 Å². The summed E-state index contributed by atoms with van der Waals surface area (Å²) >= 11 is 0. The van der Waals surface area contributed by atoms with Crippen LogP contribution in [0.1, 0.15) is 44.7 Å². The SMILES string of the molecule is CC(C)NC[C@@H](C(=O)C(C)C)c1ccc(C(F)(F)F)cc1. The van der Waals surface area contributed by atoms with Gasteiger partial charge >= 0.3 is 6.18 Å². The lowest BCUT2D eigenvalue weighted by Crippen LogP contribution is -2.33. The smallest absolute Gasteiger partial charge is 0.313 e. The third-order valence-electron chi connectivity index (χ3n) is 3.28. The Morgan fingerprint density at radius 3 is 2.00 bits per heavy atom. The molecule has 0 saturated carbocycles. The van der Waals surface area contributed by atoms with Crippen molar-refractivity contribution in [1.29, 1.82) is 0 Å². The summed E-state index contributed by atoms with van der Waals surface area (Å²) < 4.78 is 37.7. The number of hydrogen-bond donors (Lipinski definition) is 1. The number of alkyl halides is 3. The third-order valence-corrected chi connectivity index (χ3v) is 3.28. The molecule has 0 aliphatic carbocycles. The Hall–Kier alpha value is -1.36. The molecule has 0 bridgehead atoms. The van der Waals surface area contributed by atoms with E-state index >= 15 is 0 Å². The molecule has 118 valence electrons. The molecule has 0 amide bonds. The predicted molar refractivity (Wildman–Crippen MR) is 77.2 cm³/mol. The van der Waals surface area contributed by atoms with Gasteiger partial charge in [-0.15, -0.1) is 0 Å². The number of hydrogen-bond acceptors (Lipinski definition) is 2. The van der Waals surface area contributed by atoms with E-state index in [1.165, 1.54) is 12.1 Å². The number of carbonyl (C=O) groups is 1. The maximum absolute atomic E-state index is 12.6. The van der Waals surface area contributed by atoms with Crippen molar-refractivity contribution in [2.24, 2.45) is 5.92 Å². The summed E-state index contributed by atoms with van der Waals surface area (Å²) in [5.41, 5.74) is -0.0753. The van der Waals surface area contributed by atoms with Crippen molar-refractivity contribution < 1.29 is 18.0 Å². The first-order chi connectivity index (χ1) is 9.62. The summed E-state index contributed by atoms with van der Waals surface area (Å²) in [4.78, 5) is 12.3. The topological polar surface area (TPSA) is 29.1 Å². The van der Waals surface area contributed by atoms with Gasteiger partial charge in [0, 0.05) is 18.5 Å². The Labute approximate surface area is 123 Å². The van der Waals surface area contributed by atoms with Crippen molar-refractivity contribution in [1.82, 2.24) is 5.32 Å². The highest BCUT2D eigenvalue weighted by Crippen LogP contribution is 2.30. The zero-order valence-electron chi connectivity index (χ0n) is 12.8. The van der Waals surface area contributed by atoms with Gasteiger partial charge in [-0.2, -0.15) is 13.2 Å². The van der Waals surface area contributed by atoms with Crippen molar-refractivity contribution in [3.8, 4) is 0 Å². The zero-order chi connectivity index (χ0) is 16.2. The molecule has 1 rings (SSSR count). The molecule has 0 heterocycles. The highest BCUT2D eigenvalue weighted by Gasteiger charge is 2.31.